The number of hydrogen-bond acceptors (Lipinski definition) is 4. The van der Waals surface area contributed by atoms with E-state index in [2.05, 4.69) is 5.32 Å². The predicted molar refractivity (Wildman–Crippen MR) is 77.3 cm³/mol. The molecular formula is C14H20ClNO4. The predicted octanol–water partition coefficient (Wildman–Crippen LogP) is 2.13. The van der Waals surface area contributed by atoms with Crippen molar-refractivity contribution in [1.82, 2.24) is 5.32 Å². The standard InChI is InChI=1S/C14H20ClNO4/c1-4-9(2)16-13(18)8-20-14-10(7-17)5-11(15)6-12(14)19-3/h5-6,9,17H,4,7-8H2,1-3H3,(H,16,18). The van der Waals surface area contributed by atoms with Crippen molar-refractivity contribution in [2.45, 2.75) is 32.9 Å². The van der Waals surface area contributed by atoms with Crippen LogP contribution in [0, 0.1) is 0 Å². The van der Waals surface area contributed by atoms with Gasteiger partial charge in [-0.05, 0) is 19.4 Å². The molecule has 1 rings (SSSR count). The number of carbonyl (C=O) groups excluding carboxylic acids is 1. The number of amides is 1. The van der Waals surface area contributed by atoms with Crippen LogP contribution < -0.4 is 14.8 Å². The second-order valence-electron chi connectivity index (χ2n) is 4.42. The van der Waals surface area contributed by atoms with E-state index in [9.17, 15) is 9.90 Å². The number of nitrogens with one attached hydrogen (secondary N) is 1. The van der Waals surface area contributed by atoms with E-state index in [4.69, 9.17) is 21.1 Å². The summed E-state index contributed by atoms with van der Waals surface area (Å²) in [6.07, 6.45) is 0.845. The number of methoxy groups -OCH3 is 1. The monoisotopic (exact) mass is 301 g/mol. The van der Waals surface area contributed by atoms with E-state index >= 15 is 0 Å². The van der Waals surface area contributed by atoms with Gasteiger partial charge in [-0.15, -0.1) is 0 Å². The fraction of sp³-hybridized carbons (Fsp3) is 0.500. The fourth-order valence-corrected chi connectivity index (χ4v) is 1.84. The summed E-state index contributed by atoms with van der Waals surface area (Å²) >= 11 is 5.90. The second kappa shape index (κ2) is 7.97. The lowest BCUT2D eigenvalue weighted by atomic mass is 10.2. The Kier molecular flexibility index (Phi) is 6.61. The van der Waals surface area contributed by atoms with Gasteiger partial charge in [0.15, 0.2) is 18.1 Å². The minimum atomic E-state index is -0.251. The van der Waals surface area contributed by atoms with Crippen LogP contribution in [0.5, 0.6) is 11.5 Å². The van der Waals surface area contributed by atoms with Crippen molar-refractivity contribution in [1.29, 1.82) is 0 Å². The maximum atomic E-state index is 11.7. The van der Waals surface area contributed by atoms with E-state index < -0.39 is 0 Å². The van der Waals surface area contributed by atoms with Crippen molar-refractivity contribution in [3.8, 4) is 11.5 Å². The Bertz CT molecular complexity index is 439. The molecule has 1 unspecified atom stereocenters. The number of aliphatic hydroxyl groups is 1. The van der Waals surface area contributed by atoms with Crippen molar-refractivity contribution in [2.75, 3.05) is 13.7 Å². The number of ether oxygens (including phenoxy) is 2. The topological polar surface area (TPSA) is 67.8 Å². The van der Waals surface area contributed by atoms with Crippen LogP contribution in [-0.2, 0) is 11.4 Å². The molecule has 0 aliphatic heterocycles. The van der Waals surface area contributed by atoms with Crippen molar-refractivity contribution in [3.05, 3.63) is 22.7 Å². The molecule has 1 aromatic rings. The summed E-state index contributed by atoms with van der Waals surface area (Å²) in [4.78, 5) is 11.7. The number of carbonyl (C=O) groups is 1. The third kappa shape index (κ3) is 4.58. The molecule has 0 fully saturated rings. The van der Waals surface area contributed by atoms with Crippen LogP contribution in [0.3, 0.4) is 0 Å². The van der Waals surface area contributed by atoms with Crippen molar-refractivity contribution >= 4 is 17.5 Å². The summed E-state index contributed by atoms with van der Waals surface area (Å²) in [5, 5.41) is 12.5. The van der Waals surface area contributed by atoms with Gasteiger partial charge in [-0.3, -0.25) is 4.79 Å². The molecule has 0 heterocycles. The molecule has 0 aromatic heterocycles. The molecule has 20 heavy (non-hydrogen) atoms. The van der Waals surface area contributed by atoms with Gasteiger partial charge in [-0.1, -0.05) is 18.5 Å². The molecule has 0 saturated heterocycles. The maximum absolute atomic E-state index is 11.7. The zero-order chi connectivity index (χ0) is 15.1. The average molecular weight is 302 g/mol. The number of benzene rings is 1. The van der Waals surface area contributed by atoms with Crippen LogP contribution in [0.2, 0.25) is 5.02 Å². The summed E-state index contributed by atoms with van der Waals surface area (Å²) < 4.78 is 10.6. The lowest BCUT2D eigenvalue weighted by Crippen LogP contribution is -2.35. The number of hydrogen-bond donors (Lipinski definition) is 2. The second-order valence-corrected chi connectivity index (χ2v) is 4.86. The van der Waals surface area contributed by atoms with Crippen molar-refractivity contribution in [3.63, 3.8) is 0 Å². The largest absolute Gasteiger partial charge is 0.493 e. The summed E-state index contributed by atoms with van der Waals surface area (Å²) in [7, 11) is 1.47. The molecule has 0 aliphatic rings. The van der Waals surface area contributed by atoms with E-state index in [0.29, 0.717) is 22.1 Å². The molecule has 5 nitrogen and oxygen atoms in total. The highest BCUT2D eigenvalue weighted by Gasteiger charge is 2.14. The summed E-state index contributed by atoms with van der Waals surface area (Å²) in [5.41, 5.74) is 0.477. The molecule has 0 saturated carbocycles. The third-order valence-corrected chi connectivity index (χ3v) is 3.07. The van der Waals surface area contributed by atoms with Gasteiger partial charge in [0.25, 0.3) is 5.91 Å². The van der Waals surface area contributed by atoms with Gasteiger partial charge < -0.3 is 19.9 Å². The summed E-state index contributed by atoms with van der Waals surface area (Å²) in [6.45, 7) is 3.51. The Morgan fingerprint density at radius 2 is 2.20 bits per heavy atom. The maximum Gasteiger partial charge on any atom is 0.258 e. The van der Waals surface area contributed by atoms with Gasteiger partial charge in [-0.2, -0.15) is 0 Å². The summed E-state index contributed by atoms with van der Waals surface area (Å²) in [6, 6.07) is 3.24. The van der Waals surface area contributed by atoms with Crippen LogP contribution in [-0.4, -0.2) is 30.8 Å². The number of rotatable bonds is 7. The van der Waals surface area contributed by atoms with Crippen molar-refractivity contribution < 1.29 is 19.4 Å². The molecule has 0 bridgehead atoms. The molecule has 0 spiro atoms. The van der Waals surface area contributed by atoms with Crippen LogP contribution in [0.4, 0.5) is 0 Å². The Morgan fingerprint density at radius 1 is 1.50 bits per heavy atom. The Labute approximate surface area is 123 Å². The van der Waals surface area contributed by atoms with Gasteiger partial charge in [0.05, 0.1) is 13.7 Å². The quantitative estimate of drug-likeness (QED) is 0.809. The Balaban J connectivity index is 2.78. The van der Waals surface area contributed by atoms with E-state index in [0.717, 1.165) is 6.42 Å². The molecule has 1 amide bonds. The number of aliphatic hydroxyl groups excluding tert-OH is 1. The molecule has 0 aliphatic carbocycles. The van der Waals surface area contributed by atoms with Gasteiger partial charge in [-0.25, -0.2) is 0 Å². The van der Waals surface area contributed by atoms with Crippen molar-refractivity contribution in [2.24, 2.45) is 0 Å². The lowest BCUT2D eigenvalue weighted by molar-refractivity contribution is -0.123. The van der Waals surface area contributed by atoms with E-state index in [1.165, 1.54) is 7.11 Å². The Morgan fingerprint density at radius 3 is 2.75 bits per heavy atom. The van der Waals surface area contributed by atoms with Crippen LogP contribution in [0.15, 0.2) is 12.1 Å². The van der Waals surface area contributed by atoms with E-state index in [1.54, 1.807) is 12.1 Å². The highest BCUT2D eigenvalue weighted by Crippen LogP contribution is 2.34. The average Bonchev–Trinajstić information content (AvgIpc) is 2.44. The SMILES string of the molecule is CCC(C)NC(=O)COc1c(CO)cc(Cl)cc1OC. The van der Waals surface area contributed by atoms with Gasteiger partial charge in [0.2, 0.25) is 0 Å². The van der Waals surface area contributed by atoms with Gasteiger partial charge >= 0.3 is 0 Å². The minimum absolute atomic E-state index is 0.0931. The van der Waals surface area contributed by atoms with Gasteiger partial charge in [0.1, 0.15) is 0 Å². The molecule has 2 N–H and O–H groups in total. The smallest absolute Gasteiger partial charge is 0.258 e. The highest BCUT2D eigenvalue weighted by atomic mass is 35.5. The first-order chi connectivity index (χ1) is 9.51. The molecule has 6 heteroatoms. The minimum Gasteiger partial charge on any atom is -0.493 e. The molecule has 112 valence electrons. The zero-order valence-corrected chi connectivity index (χ0v) is 12.7. The molecule has 1 atom stereocenters. The zero-order valence-electron chi connectivity index (χ0n) is 11.9. The first-order valence-corrected chi connectivity index (χ1v) is 6.79. The highest BCUT2D eigenvalue weighted by molar-refractivity contribution is 6.30. The third-order valence-electron chi connectivity index (χ3n) is 2.85. The normalized spacial score (nSPS) is 11.8. The van der Waals surface area contributed by atoms with E-state index in [-0.39, 0.29) is 25.2 Å². The van der Waals surface area contributed by atoms with Gasteiger partial charge in [0, 0.05) is 22.7 Å². The lowest BCUT2D eigenvalue weighted by Gasteiger charge is -2.16. The number of halogens is 1. The molecule has 1 aromatic carbocycles. The first kappa shape index (κ1) is 16.6. The molecule has 0 radical (unpaired) electrons. The fourth-order valence-electron chi connectivity index (χ4n) is 1.61. The molecular weight excluding hydrogens is 282 g/mol. The Hall–Kier alpha value is -1.46. The van der Waals surface area contributed by atoms with Crippen LogP contribution in [0.1, 0.15) is 25.8 Å². The van der Waals surface area contributed by atoms with Crippen LogP contribution in [0.25, 0.3) is 0 Å². The van der Waals surface area contributed by atoms with Crippen LogP contribution >= 0.6 is 11.6 Å². The van der Waals surface area contributed by atoms with E-state index in [1.807, 2.05) is 13.8 Å². The first-order valence-electron chi connectivity index (χ1n) is 6.41. The summed E-state index contributed by atoms with van der Waals surface area (Å²) in [5.74, 6) is 0.497.